The number of rotatable bonds is 3. The number of aliphatic hydroxyl groups excluding tert-OH is 1. The predicted octanol–water partition coefficient (Wildman–Crippen LogP) is 0.642. The van der Waals surface area contributed by atoms with Gasteiger partial charge in [0.15, 0.2) is 0 Å². The van der Waals surface area contributed by atoms with Crippen LogP contribution in [0.3, 0.4) is 0 Å². The fourth-order valence-corrected chi connectivity index (χ4v) is 2.50. The van der Waals surface area contributed by atoms with Crippen molar-refractivity contribution in [2.45, 2.75) is 31.2 Å². The standard InChI is InChI=1S/C12H19N3O2/c1-15-7-9(13)6-10(15)11(17)14-12(8-16)4-2-3-5-12/h6-7,16H,2-5,8,13H2,1H3,(H,14,17). The van der Waals surface area contributed by atoms with E-state index in [2.05, 4.69) is 5.32 Å². The lowest BCUT2D eigenvalue weighted by Gasteiger charge is -2.27. The van der Waals surface area contributed by atoms with E-state index in [4.69, 9.17) is 5.73 Å². The highest BCUT2D eigenvalue weighted by Crippen LogP contribution is 2.29. The third-order valence-electron chi connectivity index (χ3n) is 3.50. The molecular formula is C12H19N3O2. The van der Waals surface area contributed by atoms with Crippen LogP contribution in [0.1, 0.15) is 36.2 Å². The molecule has 1 fully saturated rings. The second-order valence-electron chi connectivity index (χ2n) is 4.87. The van der Waals surface area contributed by atoms with Gasteiger partial charge in [0.25, 0.3) is 5.91 Å². The first-order valence-electron chi connectivity index (χ1n) is 5.91. The van der Waals surface area contributed by atoms with Crippen LogP contribution in [-0.4, -0.2) is 27.7 Å². The molecule has 0 atom stereocenters. The monoisotopic (exact) mass is 237 g/mol. The van der Waals surface area contributed by atoms with E-state index in [0.717, 1.165) is 25.7 Å². The lowest BCUT2D eigenvalue weighted by Crippen LogP contribution is -2.49. The van der Waals surface area contributed by atoms with E-state index in [1.165, 1.54) is 0 Å². The number of nitrogens with zero attached hydrogens (tertiary/aromatic N) is 1. The van der Waals surface area contributed by atoms with Gasteiger partial charge in [0, 0.05) is 13.2 Å². The van der Waals surface area contributed by atoms with Crippen molar-refractivity contribution in [1.29, 1.82) is 0 Å². The van der Waals surface area contributed by atoms with Crippen molar-refractivity contribution in [2.75, 3.05) is 12.3 Å². The van der Waals surface area contributed by atoms with E-state index in [9.17, 15) is 9.90 Å². The van der Waals surface area contributed by atoms with Gasteiger partial charge < -0.3 is 20.7 Å². The molecule has 0 spiro atoms. The number of carbonyl (C=O) groups is 1. The first-order chi connectivity index (χ1) is 8.06. The number of nitrogens with one attached hydrogen (secondary N) is 1. The van der Waals surface area contributed by atoms with Crippen LogP contribution in [0.4, 0.5) is 5.69 Å². The normalized spacial score (nSPS) is 18.2. The molecule has 0 saturated heterocycles. The van der Waals surface area contributed by atoms with Crippen LogP contribution in [0.15, 0.2) is 12.3 Å². The zero-order valence-corrected chi connectivity index (χ0v) is 10.1. The lowest BCUT2D eigenvalue weighted by molar-refractivity contribution is 0.0830. The smallest absolute Gasteiger partial charge is 0.268 e. The molecule has 0 unspecified atom stereocenters. The Labute approximate surface area is 101 Å². The number of nitrogen functional groups attached to an aromatic ring is 1. The van der Waals surface area contributed by atoms with Gasteiger partial charge in [-0.15, -0.1) is 0 Å². The Morgan fingerprint density at radius 3 is 2.71 bits per heavy atom. The van der Waals surface area contributed by atoms with Crippen molar-refractivity contribution in [3.63, 3.8) is 0 Å². The Morgan fingerprint density at radius 1 is 1.59 bits per heavy atom. The van der Waals surface area contributed by atoms with Crippen molar-refractivity contribution in [1.82, 2.24) is 9.88 Å². The highest BCUT2D eigenvalue weighted by atomic mass is 16.3. The topological polar surface area (TPSA) is 80.3 Å². The summed E-state index contributed by atoms with van der Waals surface area (Å²) in [5.74, 6) is -0.167. The number of nitrogens with two attached hydrogens (primary N) is 1. The van der Waals surface area contributed by atoms with Crippen LogP contribution in [0.5, 0.6) is 0 Å². The molecule has 0 bridgehead atoms. The fraction of sp³-hybridized carbons (Fsp3) is 0.583. The van der Waals surface area contributed by atoms with Gasteiger partial charge in [0.1, 0.15) is 5.69 Å². The van der Waals surface area contributed by atoms with E-state index < -0.39 is 5.54 Å². The molecule has 5 nitrogen and oxygen atoms in total. The van der Waals surface area contributed by atoms with Gasteiger partial charge in [-0.3, -0.25) is 4.79 Å². The van der Waals surface area contributed by atoms with Crippen molar-refractivity contribution in [2.24, 2.45) is 7.05 Å². The molecule has 4 N–H and O–H groups in total. The third kappa shape index (κ3) is 2.29. The van der Waals surface area contributed by atoms with Crippen molar-refractivity contribution in [3.8, 4) is 0 Å². The summed E-state index contributed by atoms with van der Waals surface area (Å²) >= 11 is 0. The second-order valence-corrected chi connectivity index (χ2v) is 4.87. The van der Waals surface area contributed by atoms with Gasteiger partial charge in [0.05, 0.1) is 17.8 Å². The molecule has 0 radical (unpaired) electrons. The maximum absolute atomic E-state index is 12.1. The number of carbonyl (C=O) groups excluding carboxylic acids is 1. The van der Waals surface area contributed by atoms with Crippen molar-refractivity contribution in [3.05, 3.63) is 18.0 Å². The summed E-state index contributed by atoms with van der Waals surface area (Å²) in [4.78, 5) is 12.1. The minimum absolute atomic E-state index is 0.00134. The van der Waals surface area contributed by atoms with E-state index in [-0.39, 0.29) is 12.5 Å². The molecule has 1 aliphatic carbocycles. The maximum atomic E-state index is 12.1. The molecule has 1 amide bonds. The van der Waals surface area contributed by atoms with Crippen LogP contribution in [-0.2, 0) is 7.05 Å². The molecule has 94 valence electrons. The number of hydrogen-bond donors (Lipinski definition) is 3. The molecule has 0 aromatic carbocycles. The fourth-order valence-electron chi connectivity index (χ4n) is 2.50. The zero-order chi connectivity index (χ0) is 12.5. The molecule has 1 heterocycles. The number of aryl methyl sites for hydroxylation is 1. The number of aliphatic hydroxyl groups is 1. The van der Waals surface area contributed by atoms with Crippen LogP contribution in [0, 0.1) is 0 Å². The summed E-state index contributed by atoms with van der Waals surface area (Å²) in [6.45, 7) is -0.00134. The minimum Gasteiger partial charge on any atom is -0.397 e. The maximum Gasteiger partial charge on any atom is 0.268 e. The summed E-state index contributed by atoms with van der Waals surface area (Å²) in [5.41, 5.74) is 6.31. The Balaban J connectivity index is 2.13. The van der Waals surface area contributed by atoms with Crippen LogP contribution >= 0.6 is 0 Å². The summed E-state index contributed by atoms with van der Waals surface area (Å²) in [7, 11) is 1.78. The Hall–Kier alpha value is -1.49. The molecule has 1 aromatic heterocycles. The predicted molar refractivity (Wildman–Crippen MR) is 65.6 cm³/mol. The van der Waals surface area contributed by atoms with Gasteiger partial charge in [0.2, 0.25) is 0 Å². The van der Waals surface area contributed by atoms with Crippen LogP contribution in [0.25, 0.3) is 0 Å². The number of aromatic nitrogens is 1. The molecule has 1 aliphatic rings. The lowest BCUT2D eigenvalue weighted by atomic mass is 9.99. The van der Waals surface area contributed by atoms with E-state index >= 15 is 0 Å². The van der Waals surface area contributed by atoms with E-state index in [1.807, 2.05) is 0 Å². The summed E-state index contributed by atoms with van der Waals surface area (Å²) in [6.07, 6.45) is 5.49. The average Bonchev–Trinajstić information content (AvgIpc) is 2.86. The highest BCUT2D eigenvalue weighted by molar-refractivity contribution is 5.94. The quantitative estimate of drug-likeness (QED) is 0.721. The molecular weight excluding hydrogens is 218 g/mol. The SMILES string of the molecule is Cn1cc(N)cc1C(=O)NC1(CO)CCCC1. The second kappa shape index (κ2) is 4.41. The molecule has 17 heavy (non-hydrogen) atoms. The summed E-state index contributed by atoms with van der Waals surface area (Å²) < 4.78 is 1.70. The zero-order valence-electron chi connectivity index (χ0n) is 10.1. The van der Waals surface area contributed by atoms with Gasteiger partial charge in [-0.2, -0.15) is 0 Å². The third-order valence-corrected chi connectivity index (χ3v) is 3.50. The van der Waals surface area contributed by atoms with Crippen LogP contribution in [0.2, 0.25) is 0 Å². The first-order valence-corrected chi connectivity index (χ1v) is 5.91. The Kier molecular flexibility index (Phi) is 3.11. The minimum atomic E-state index is -0.434. The summed E-state index contributed by atoms with van der Waals surface area (Å²) in [6, 6.07) is 1.65. The Bertz CT molecular complexity index is 419. The van der Waals surface area contributed by atoms with Gasteiger partial charge >= 0.3 is 0 Å². The molecule has 5 heteroatoms. The first kappa shape index (κ1) is 12.0. The Morgan fingerprint density at radius 2 is 2.24 bits per heavy atom. The average molecular weight is 237 g/mol. The molecule has 1 saturated carbocycles. The van der Waals surface area contributed by atoms with E-state index in [1.54, 1.807) is 23.9 Å². The van der Waals surface area contributed by atoms with Gasteiger partial charge in [-0.25, -0.2) is 0 Å². The largest absolute Gasteiger partial charge is 0.397 e. The van der Waals surface area contributed by atoms with Crippen molar-refractivity contribution >= 4 is 11.6 Å². The summed E-state index contributed by atoms with van der Waals surface area (Å²) in [5, 5.41) is 12.4. The number of anilines is 1. The number of hydrogen-bond acceptors (Lipinski definition) is 3. The molecule has 2 rings (SSSR count). The van der Waals surface area contributed by atoms with Crippen molar-refractivity contribution < 1.29 is 9.90 Å². The number of amides is 1. The molecule has 0 aliphatic heterocycles. The molecule has 1 aromatic rings. The van der Waals surface area contributed by atoms with Gasteiger partial charge in [-0.05, 0) is 18.9 Å². The van der Waals surface area contributed by atoms with E-state index in [0.29, 0.717) is 11.4 Å². The highest BCUT2D eigenvalue weighted by Gasteiger charge is 2.35. The van der Waals surface area contributed by atoms with Gasteiger partial charge in [-0.1, -0.05) is 12.8 Å². The van der Waals surface area contributed by atoms with Crippen LogP contribution < -0.4 is 11.1 Å².